The van der Waals surface area contributed by atoms with Crippen LogP contribution in [0.1, 0.15) is 53.9 Å². The lowest BCUT2D eigenvalue weighted by atomic mass is 9.77. The van der Waals surface area contributed by atoms with E-state index >= 15 is 0 Å². The number of rotatable bonds is 3. The standard InChI is InChI=1S/C14H26O/c1-6-9(3)13-10(4)14(11(5)15-14)8-12(13)7-2/h9-13H,6-8H2,1-5H3. The highest BCUT2D eigenvalue weighted by atomic mass is 16.6. The lowest BCUT2D eigenvalue weighted by Crippen LogP contribution is -2.25. The van der Waals surface area contributed by atoms with Gasteiger partial charge in [0, 0.05) is 0 Å². The van der Waals surface area contributed by atoms with Gasteiger partial charge in [0.2, 0.25) is 0 Å². The monoisotopic (exact) mass is 210 g/mol. The predicted molar refractivity (Wildman–Crippen MR) is 63.8 cm³/mol. The van der Waals surface area contributed by atoms with Gasteiger partial charge in [-0.2, -0.15) is 0 Å². The molecule has 0 aromatic carbocycles. The van der Waals surface area contributed by atoms with E-state index in [1.165, 1.54) is 19.3 Å². The maximum Gasteiger partial charge on any atom is 0.0976 e. The van der Waals surface area contributed by atoms with Gasteiger partial charge in [0.1, 0.15) is 0 Å². The first-order valence-corrected chi connectivity index (χ1v) is 6.74. The Hall–Kier alpha value is -0.0400. The smallest absolute Gasteiger partial charge is 0.0976 e. The van der Waals surface area contributed by atoms with Gasteiger partial charge in [0.15, 0.2) is 0 Å². The van der Waals surface area contributed by atoms with E-state index in [2.05, 4.69) is 34.6 Å². The van der Waals surface area contributed by atoms with Crippen LogP contribution in [-0.4, -0.2) is 11.7 Å². The fourth-order valence-electron chi connectivity index (χ4n) is 4.10. The lowest BCUT2D eigenvalue weighted by molar-refractivity contribution is 0.183. The molecule has 0 aromatic rings. The molecular weight excluding hydrogens is 184 g/mol. The van der Waals surface area contributed by atoms with Crippen molar-refractivity contribution in [2.75, 3.05) is 0 Å². The molecule has 1 heterocycles. The fraction of sp³-hybridized carbons (Fsp3) is 1.00. The van der Waals surface area contributed by atoms with Gasteiger partial charge in [-0.25, -0.2) is 0 Å². The summed E-state index contributed by atoms with van der Waals surface area (Å²) in [5.41, 5.74) is 0.286. The Morgan fingerprint density at radius 2 is 1.93 bits per heavy atom. The molecule has 15 heavy (non-hydrogen) atoms. The Morgan fingerprint density at radius 3 is 2.33 bits per heavy atom. The molecule has 0 bridgehead atoms. The third kappa shape index (κ3) is 1.54. The van der Waals surface area contributed by atoms with E-state index in [0.29, 0.717) is 6.10 Å². The molecule has 0 amide bonds. The number of epoxide rings is 1. The maximum atomic E-state index is 5.93. The second-order valence-corrected chi connectivity index (χ2v) is 5.84. The largest absolute Gasteiger partial charge is 0.366 e. The minimum Gasteiger partial charge on any atom is -0.366 e. The summed E-state index contributed by atoms with van der Waals surface area (Å²) in [5, 5.41) is 0. The summed E-state index contributed by atoms with van der Waals surface area (Å²) in [4.78, 5) is 0. The van der Waals surface area contributed by atoms with Crippen molar-refractivity contribution in [1.82, 2.24) is 0 Å². The van der Waals surface area contributed by atoms with E-state index in [-0.39, 0.29) is 5.60 Å². The summed E-state index contributed by atoms with van der Waals surface area (Å²) in [6.45, 7) is 11.8. The topological polar surface area (TPSA) is 12.5 Å². The Labute approximate surface area is 94.6 Å². The van der Waals surface area contributed by atoms with Crippen LogP contribution in [0.3, 0.4) is 0 Å². The highest BCUT2D eigenvalue weighted by Crippen LogP contribution is 2.60. The molecule has 88 valence electrons. The fourth-order valence-corrected chi connectivity index (χ4v) is 4.10. The van der Waals surface area contributed by atoms with E-state index in [1.54, 1.807) is 0 Å². The van der Waals surface area contributed by atoms with Crippen LogP contribution < -0.4 is 0 Å². The summed E-state index contributed by atoms with van der Waals surface area (Å²) in [7, 11) is 0. The Morgan fingerprint density at radius 1 is 1.33 bits per heavy atom. The van der Waals surface area contributed by atoms with Crippen LogP contribution >= 0.6 is 0 Å². The van der Waals surface area contributed by atoms with Gasteiger partial charge in [-0.05, 0) is 37.0 Å². The van der Waals surface area contributed by atoms with Gasteiger partial charge in [0.25, 0.3) is 0 Å². The van der Waals surface area contributed by atoms with Crippen molar-refractivity contribution >= 4 is 0 Å². The molecular formula is C14H26O. The summed E-state index contributed by atoms with van der Waals surface area (Å²) in [6.07, 6.45) is 4.49. The first-order valence-electron chi connectivity index (χ1n) is 6.74. The summed E-state index contributed by atoms with van der Waals surface area (Å²) in [6, 6.07) is 0. The zero-order valence-electron chi connectivity index (χ0n) is 10.9. The van der Waals surface area contributed by atoms with Crippen LogP contribution in [0.15, 0.2) is 0 Å². The molecule has 1 heteroatoms. The van der Waals surface area contributed by atoms with Crippen molar-refractivity contribution in [2.45, 2.75) is 65.6 Å². The highest BCUT2D eigenvalue weighted by molar-refractivity contribution is 5.12. The van der Waals surface area contributed by atoms with Crippen molar-refractivity contribution in [2.24, 2.45) is 23.7 Å². The van der Waals surface area contributed by atoms with Gasteiger partial charge < -0.3 is 4.74 Å². The molecule has 6 unspecified atom stereocenters. The third-order valence-corrected chi connectivity index (χ3v) is 5.33. The molecule has 1 aliphatic carbocycles. The zero-order valence-corrected chi connectivity index (χ0v) is 10.9. The molecule has 0 N–H and O–H groups in total. The van der Waals surface area contributed by atoms with Gasteiger partial charge >= 0.3 is 0 Å². The van der Waals surface area contributed by atoms with Crippen molar-refractivity contribution in [3.63, 3.8) is 0 Å². The molecule has 0 radical (unpaired) electrons. The first kappa shape index (κ1) is 11.4. The predicted octanol–water partition coefficient (Wildman–Crippen LogP) is 3.87. The summed E-state index contributed by atoms with van der Waals surface area (Å²) < 4.78 is 5.93. The molecule has 2 fully saturated rings. The second kappa shape index (κ2) is 3.76. The molecule has 1 saturated heterocycles. The molecule has 6 atom stereocenters. The maximum absolute atomic E-state index is 5.93. The second-order valence-electron chi connectivity index (χ2n) is 5.84. The molecule has 1 saturated carbocycles. The molecule has 2 rings (SSSR count). The third-order valence-electron chi connectivity index (χ3n) is 5.33. The quantitative estimate of drug-likeness (QED) is 0.644. The van der Waals surface area contributed by atoms with E-state index in [4.69, 9.17) is 4.74 Å². The van der Waals surface area contributed by atoms with Crippen LogP contribution in [0, 0.1) is 23.7 Å². The van der Waals surface area contributed by atoms with Crippen LogP contribution in [0.5, 0.6) is 0 Å². The molecule has 1 aliphatic heterocycles. The normalized spacial score (nSPS) is 51.0. The summed E-state index contributed by atoms with van der Waals surface area (Å²) >= 11 is 0. The van der Waals surface area contributed by atoms with Crippen LogP contribution in [0.25, 0.3) is 0 Å². The molecule has 0 aromatic heterocycles. The van der Waals surface area contributed by atoms with Crippen LogP contribution in [0.2, 0.25) is 0 Å². The van der Waals surface area contributed by atoms with Crippen molar-refractivity contribution in [3.8, 4) is 0 Å². The number of ether oxygens (including phenoxy) is 1. The van der Waals surface area contributed by atoms with Gasteiger partial charge in [-0.3, -0.25) is 0 Å². The Kier molecular flexibility index (Phi) is 2.87. The van der Waals surface area contributed by atoms with E-state index in [0.717, 1.165) is 23.7 Å². The van der Waals surface area contributed by atoms with Crippen LogP contribution in [0.4, 0.5) is 0 Å². The van der Waals surface area contributed by atoms with E-state index in [1.807, 2.05) is 0 Å². The average Bonchev–Trinajstić information content (AvgIpc) is 2.78. The van der Waals surface area contributed by atoms with E-state index < -0.39 is 0 Å². The Bertz CT molecular complexity index is 237. The molecule has 1 nitrogen and oxygen atoms in total. The summed E-state index contributed by atoms with van der Waals surface area (Å²) in [5.74, 6) is 3.43. The average molecular weight is 210 g/mol. The van der Waals surface area contributed by atoms with Crippen molar-refractivity contribution in [1.29, 1.82) is 0 Å². The van der Waals surface area contributed by atoms with Gasteiger partial charge in [0.05, 0.1) is 11.7 Å². The van der Waals surface area contributed by atoms with Gasteiger partial charge in [-0.1, -0.05) is 40.5 Å². The molecule has 2 aliphatic rings. The van der Waals surface area contributed by atoms with Crippen molar-refractivity contribution < 1.29 is 4.74 Å². The number of hydrogen-bond donors (Lipinski definition) is 0. The van der Waals surface area contributed by atoms with Crippen LogP contribution in [-0.2, 0) is 4.74 Å². The number of hydrogen-bond acceptors (Lipinski definition) is 1. The first-order chi connectivity index (χ1) is 7.06. The van der Waals surface area contributed by atoms with Crippen molar-refractivity contribution in [3.05, 3.63) is 0 Å². The lowest BCUT2D eigenvalue weighted by Gasteiger charge is -2.28. The zero-order chi connectivity index (χ0) is 11.2. The Balaban J connectivity index is 2.15. The molecule has 1 spiro atoms. The van der Waals surface area contributed by atoms with E-state index in [9.17, 15) is 0 Å². The minimum absolute atomic E-state index is 0.286. The highest BCUT2D eigenvalue weighted by Gasteiger charge is 2.64. The minimum atomic E-state index is 0.286. The van der Waals surface area contributed by atoms with Gasteiger partial charge in [-0.15, -0.1) is 0 Å². The SMILES string of the molecule is CCC(C)C1C(CC)CC2(OC2C)C1C.